The molecule has 0 unspecified atom stereocenters. The molecule has 0 amide bonds. The van der Waals surface area contributed by atoms with Crippen LogP contribution in [-0.4, -0.2) is 57.4 Å². The lowest BCUT2D eigenvalue weighted by Gasteiger charge is -2.32. The van der Waals surface area contributed by atoms with Crippen molar-refractivity contribution in [1.29, 1.82) is 0 Å². The quantitative estimate of drug-likeness (QED) is 0.332. The van der Waals surface area contributed by atoms with Gasteiger partial charge in [0.15, 0.2) is 5.96 Å². The molecule has 1 aromatic carbocycles. The number of guanidine groups is 1. The minimum absolute atomic E-state index is 0. The Balaban J connectivity index is 0.00000392. The van der Waals surface area contributed by atoms with E-state index in [0.717, 1.165) is 37.1 Å². The van der Waals surface area contributed by atoms with E-state index in [2.05, 4.69) is 15.6 Å². The van der Waals surface area contributed by atoms with Crippen LogP contribution in [-0.2, 0) is 6.54 Å². The summed E-state index contributed by atoms with van der Waals surface area (Å²) < 4.78 is 42.5. The number of hydrogen-bond acceptors (Lipinski definition) is 3. The van der Waals surface area contributed by atoms with Crippen LogP contribution in [0.15, 0.2) is 29.3 Å². The molecule has 2 N–H and O–H groups in total. The van der Waals surface area contributed by atoms with Crippen LogP contribution < -0.4 is 15.4 Å². The predicted molar refractivity (Wildman–Crippen MR) is 116 cm³/mol. The molecule has 0 aliphatic carbocycles. The standard InChI is InChI=1S/C19H29F3N4O.HI/c1-23-18(25-13-16-4-3-5-17(12-16)27-2)24-9-6-15-7-10-26(11-8-15)14-19(20,21)22;/h3-5,12,15H,6-11,13-14H2,1-2H3,(H2,23,24,25);1H. The van der Waals surface area contributed by atoms with Gasteiger partial charge in [0.05, 0.1) is 13.7 Å². The van der Waals surface area contributed by atoms with Gasteiger partial charge in [-0.3, -0.25) is 9.89 Å². The molecule has 0 spiro atoms. The van der Waals surface area contributed by atoms with Gasteiger partial charge in [0, 0.05) is 20.1 Å². The molecule has 0 atom stereocenters. The van der Waals surface area contributed by atoms with Crippen molar-refractivity contribution in [2.75, 3.05) is 40.3 Å². The third-order valence-corrected chi connectivity index (χ3v) is 4.77. The number of halogens is 4. The smallest absolute Gasteiger partial charge is 0.401 e. The third kappa shape index (κ3) is 9.31. The molecule has 1 aromatic rings. The van der Waals surface area contributed by atoms with Crippen LogP contribution in [0.25, 0.3) is 0 Å². The summed E-state index contributed by atoms with van der Waals surface area (Å²) in [5, 5.41) is 6.54. The van der Waals surface area contributed by atoms with Crippen molar-refractivity contribution in [2.45, 2.75) is 32.0 Å². The van der Waals surface area contributed by atoms with Gasteiger partial charge >= 0.3 is 6.18 Å². The highest BCUT2D eigenvalue weighted by Gasteiger charge is 2.32. The molecular formula is C19H30F3IN4O. The highest BCUT2D eigenvalue weighted by atomic mass is 127. The monoisotopic (exact) mass is 514 g/mol. The Bertz CT molecular complexity index is 605. The molecule has 1 aliphatic heterocycles. The Labute approximate surface area is 182 Å². The Kier molecular flexibility index (Phi) is 10.9. The second-order valence-corrected chi connectivity index (χ2v) is 6.83. The van der Waals surface area contributed by atoms with Crippen LogP contribution in [0.3, 0.4) is 0 Å². The molecular weight excluding hydrogens is 484 g/mol. The normalized spacial score (nSPS) is 16.4. The van der Waals surface area contributed by atoms with Gasteiger partial charge in [0.1, 0.15) is 5.75 Å². The number of piperidine rings is 1. The third-order valence-electron chi connectivity index (χ3n) is 4.77. The molecule has 160 valence electrons. The SMILES string of the molecule is CN=C(NCCC1CCN(CC(F)(F)F)CC1)NCc1cccc(OC)c1.I. The molecule has 0 aromatic heterocycles. The van der Waals surface area contributed by atoms with Gasteiger partial charge in [-0.25, -0.2) is 0 Å². The molecule has 0 radical (unpaired) electrons. The maximum absolute atomic E-state index is 12.4. The van der Waals surface area contributed by atoms with Gasteiger partial charge in [0.2, 0.25) is 0 Å². The Morgan fingerprint density at radius 2 is 1.96 bits per heavy atom. The average Bonchev–Trinajstić information content (AvgIpc) is 2.65. The van der Waals surface area contributed by atoms with E-state index in [4.69, 9.17) is 4.74 Å². The van der Waals surface area contributed by atoms with Crippen LogP contribution >= 0.6 is 24.0 Å². The molecule has 0 bridgehead atoms. The lowest BCUT2D eigenvalue weighted by atomic mass is 9.93. The molecule has 1 heterocycles. The number of ether oxygens (including phenoxy) is 1. The number of likely N-dealkylation sites (tertiary alicyclic amines) is 1. The van der Waals surface area contributed by atoms with E-state index in [1.54, 1.807) is 14.2 Å². The Hall–Kier alpha value is -1.23. The Morgan fingerprint density at radius 3 is 2.57 bits per heavy atom. The molecule has 1 saturated heterocycles. The summed E-state index contributed by atoms with van der Waals surface area (Å²) in [7, 11) is 3.36. The summed E-state index contributed by atoms with van der Waals surface area (Å²) in [5.74, 6) is 1.99. The number of aliphatic imine (C=N–C) groups is 1. The highest BCUT2D eigenvalue weighted by molar-refractivity contribution is 14.0. The van der Waals surface area contributed by atoms with Gasteiger partial charge in [-0.15, -0.1) is 24.0 Å². The van der Waals surface area contributed by atoms with E-state index in [0.29, 0.717) is 31.5 Å². The van der Waals surface area contributed by atoms with E-state index in [1.165, 1.54) is 4.90 Å². The van der Waals surface area contributed by atoms with Crippen LogP contribution in [0.2, 0.25) is 0 Å². The predicted octanol–water partition coefficient (Wildman–Crippen LogP) is 3.64. The fourth-order valence-corrected chi connectivity index (χ4v) is 3.27. The first-order valence-corrected chi connectivity index (χ1v) is 9.26. The second-order valence-electron chi connectivity index (χ2n) is 6.83. The van der Waals surface area contributed by atoms with E-state index in [9.17, 15) is 13.2 Å². The van der Waals surface area contributed by atoms with Crippen LogP contribution in [0.4, 0.5) is 13.2 Å². The van der Waals surface area contributed by atoms with Gasteiger partial charge in [-0.2, -0.15) is 13.2 Å². The van der Waals surface area contributed by atoms with E-state index < -0.39 is 12.7 Å². The summed E-state index contributed by atoms with van der Waals surface area (Å²) in [6.45, 7) is 1.63. The lowest BCUT2D eigenvalue weighted by molar-refractivity contribution is -0.148. The first-order chi connectivity index (χ1) is 12.9. The fourth-order valence-electron chi connectivity index (χ4n) is 3.27. The lowest BCUT2D eigenvalue weighted by Crippen LogP contribution is -2.41. The number of rotatable bonds is 7. The summed E-state index contributed by atoms with van der Waals surface area (Å²) >= 11 is 0. The van der Waals surface area contributed by atoms with Crippen molar-refractivity contribution in [3.05, 3.63) is 29.8 Å². The van der Waals surface area contributed by atoms with Gasteiger partial charge < -0.3 is 15.4 Å². The minimum Gasteiger partial charge on any atom is -0.497 e. The molecule has 0 saturated carbocycles. The van der Waals surface area contributed by atoms with Crippen molar-refractivity contribution in [1.82, 2.24) is 15.5 Å². The molecule has 28 heavy (non-hydrogen) atoms. The zero-order valence-electron chi connectivity index (χ0n) is 16.4. The highest BCUT2D eigenvalue weighted by Crippen LogP contribution is 2.23. The largest absolute Gasteiger partial charge is 0.497 e. The number of hydrogen-bond donors (Lipinski definition) is 2. The topological polar surface area (TPSA) is 48.9 Å². The fraction of sp³-hybridized carbons (Fsp3) is 0.632. The second kappa shape index (κ2) is 12.4. The first-order valence-electron chi connectivity index (χ1n) is 9.26. The number of benzene rings is 1. The number of nitrogens with zero attached hydrogens (tertiary/aromatic N) is 2. The molecule has 1 aliphatic rings. The van der Waals surface area contributed by atoms with Crippen LogP contribution in [0.1, 0.15) is 24.8 Å². The summed E-state index contributed by atoms with van der Waals surface area (Å²) in [6.07, 6.45) is -1.55. The van der Waals surface area contributed by atoms with Crippen molar-refractivity contribution in [2.24, 2.45) is 10.9 Å². The van der Waals surface area contributed by atoms with Crippen molar-refractivity contribution in [3.63, 3.8) is 0 Å². The summed E-state index contributed by atoms with van der Waals surface area (Å²) in [5.41, 5.74) is 1.09. The maximum Gasteiger partial charge on any atom is 0.401 e. The van der Waals surface area contributed by atoms with E-state index >= 15 is 0 Å². The van der Waals surface area contributed by atoms with Crippen LogP contribution in [0.5, 0.6) is 5.75 Å². The molecule has 5 nitrogen and oxygen atoms in total. The Morgan fingerprint density at radius 1 is 1.25 bits per heavy atom. The van der Waals surface area contributed by atoms with Crippen LogP contribution in [0, 0.1) is 5.92 Å². The minimum atomic E-state index is -4.10. The van der Waals surface area contributed by atoms with Crippen molar-refractivity contribution in [3.8, 4) is 5.75 Å². The zero-order valence-corrected chi connectivity index (χ0v) is 18.7. The molecule has 2 rings (SSSR count). The number of methoxy groups -OCH3 is 1. The van der Waals surface area contributed by atoms with E-state index in [-0.39, 0.29) is 24.0 Å². The molecule has 1 fully saturated rings. The zero-order chi connectivity index (χ0) is 19.7. The molecule has 9 heteroatoms. The van der Waals surface area contributed by atoms with Gasteiger partial charge in [-0.05, 0) is 56.0 Å². The van der Waals surface area contributed by atoms with Crippen molar-refractivity contribution >= 4 is 29.9 Å². The maximum atomic E-state index is 12.4. The number of alkyl halides is 3. The first kappa shape index (κ1) is 24.8. The summed E-state index contributed by atoms with van der Waals surface area (Å²) in [4.78, 5) is 5.71. The van der Waals surface area contributed by atoms with E-state index in [1.807, 2.05) is 24.3 Å². The number of nitrogens with one attached hydrogen (secondary N) is 2. The van der Waals surface area contributed by atoms with Gasteiger partial charge in [-0.1, -0.05) is 12.1 Å². The summed E-state index contributed by atoms with van der Waals surface area (Å²) in [6, 6.07) is 7.82. The van der Waals surface area contributed by atoms with Gasteiger partial charge in [0.25, 0.3) is 0 Å². The average molecular weight is 514 g/mol. The van der Waals surface area contributed by atoms with Crippen molar-refractivity contribution < 1.29 is 17.9 Å².